The van der Waals surface area contributed by atoms with Crippen molar-refractivity contribution in [1.82, 2.24) is 19.6 Å². The molecule has 19 heavy (non-hydrogen) atoms. The number of rotatable bonds is 2. The molecule has 102 valence electrons. The minimum atomic E-state index is -1.20. The van der Waals surface area contributed by atoms with Crippen molar-refractivity contribution >= 4 is 11.5 Å². The normalized spacial score (nSPS) is 31.1. The van der Waals surface area contributed by atoms with Gasteiger partial charge in [-0.2, -0.15) is 0 Å². The first-order valence-corrected chi connectivity index (χ1v) is 5.71. The molecule has 5 N–H and O–H groups in total. The van der Waals surface area contributed by atoms with Crippen LogP contribution < -0.4 is 5.73 Å². The van der Waals surface area contributed by atoms with Gasteiger partial charge in [0.25, 0.3) is 0 Å². The second-order valence-electron chi connectivity index (χ2n) is 4.32. The predicted octanol–water partition coefficient (Wildman–Crippen LogP) is -2.14. The molecular formula is C10H13N5O4. The third-order valence-electron chi connectivity index (χ3n) is 3.18. The zero-order valence-corrected chi connectivity index (χ0v) is 9.79. The second-order valence-corrected chi connectivity index (χ2v) is 4.32. The van der Waals surface area contributed by atoms with Crippen LogP contribution in [-0.4, -0.2) is 59.8 Å². The maximum Gasteiger partial charge on any atom is 0.203 e. The van der Waals surface area contributed by atoms with E-state index in [1.807, 2.05) is 0 Å². The highest BCUT2D eigenvalue weighted by Gasteiger charge is 2.45. The smallest absolute Gasteiger partial charge is 0.203 e. The van der Waals surface area contributed by atoms with Crippen molar-refractivity contribution in [3.63, 3.8) is 0 Å². The second kappa shape index (κ2) is 4.38. The molecule has 0 saturated carbocycles. The van der Waals surface area contributed by atoms with E-state index in [0.717, 1.165) is 0 Å². The molecule has 0 aliphatic carbocycles. The van der Waals surface area contributed by atoms with Crippen molar-refractivity contribution in [3.8, 4) is 0 Å². The molecule has 2 aromatic heterocycles. The van der Waals surface area contributed by atoms with E-state index in [0.29, 0.717) is 11.5 Å². The molecule has 0 bridgehead atoms. The van der Waals surface area contributed by atoms with E-state index in [9.17, 15) is 10.2 Å². The van der Waals surface area contributed by atoms with Gasteiger partial charge in [-0.15, -0.1) is 10.2 Å². The molecule has 1 fully saturated rings. The van der Waals surface area contributed by atoms with Crippen LogP contribution in [0.1, 0.15) is 11.9 Å². The number of aliphatic hydroxyl groups excluding tert-OH is 3. The molecule has 4 atom stereocenters. The quantitative estimate of drug-likeness (QED) is 0.483. The Labute approximate surface area is 107 Å². The highest BCUT2D eigenvalue weighted by molar-refractivity contribution is 5.58. The monoisotopic (exact) mass is 267 g/mol. The molecule has 9 heteroatoms. The van der Waals surface area contributed by atoms with Crippen molar-refractivity contribution < 1.29 is 20.1 Å². The number of hydrogen-bond donors (Lipinski definition) is 4. The van der Waals surface area contributed by atoms with Gasteiger partial charge in [0.1, 0.15) is 24.4 Å². The average Bonchev–Trinajstić information content (AvgIpc) is 2.94. The number of nitrogens with two attached hydrogens (primary N) is 1. The van der Waals surface area contributed by atoms with Gasteiger partial charge in [-0.25, -0.2) is 4.98 Å². The number of anilines is 1. The Kier molecular flexibility index (Phi) is 2.82. The minimum Gasteiger partial charge on any atom is -0.394 e. The van der Waals surface area contributed by atoms with Crippen molar-refractivity contribution in [2.75, 3.05) is 12.3 Å². The number of ether oxygens (including phenoxy) is 1. The van der Waals surface area contributed by atoms with E-state index in [1.54, 1.807) is 6.20 Å². The number of nitrogen functional groups attached to an aromatic ring is 1. The van der Waals surface area contributed by atoms with Gasteiger partial charge in [-0.3, -0.25) is 4.40 Å². The van der Waals surface area contributed by atoms with E-state index in [1.165, 1.54) is 10.6 Å². The molecule has 0 spiro atoms. The van der Waals surface area contributed by atoms with Crippen molar-refractivity contribution in [1.29, 1.82) is 0 Å². The van der Waals surface area contributed by atoms with Gasteiger partial charge in [0.05, 0.1) is 6.61 Å². The number of hydrogen-bond acceptors (Lipinski definition) is 8. The van der Waals surface area contributed by atoms with Gasteiger partial charge in [-0.05, 0) is 0 Å². The molecular weight excluding hydrogens is 254 g/mol. The molecule has 1 saturated heterocycles. The topological polar surface area (TPSA) is 139 Å². The van der Waals surface area contributed by atoms with Gasteiger partial charge in [0, 0.05) is 12.4 Å². The summed E-state index contributed by atoms with van der Waals surface area (Å²) < 4.78 is 6.92. The fourth-order valence-corrected chi connectivity index (χ4v) is 2.17. The summed E-state index contributed by atoms with van der Waals surface area (Å²) >= 11 is 0. The summed E-state index contributed by atoms with van der Waals surface area (Å²) in [5.74, 6) is 0.500. The Hall–Kier alpha value is -1.81. The van der Waals surface area contributed by atoms with E-state index >= 15 is 0 Å². The van der Waals surface area contributed by atoms with Gasteiger partial charge in [-0.1, -0.05) is 0 Å². The summed E-state index contributed by atoms with van der Waals surface area (Å²) in [7, 11) is 0. The van der Waals surface area contributed by atoms with Crippen LogP contribution in [0, 0.1) is 0 Å². The van der Waals surface area contributed by atoms with Crippen molar-refractivity contribution in [3.05, 3.63) is 18.2 Å². The number of nitrogens with zero attached hydrogens (tertiary/aromatic N) is 4. The van der Waals surface area contributed by atoms with Crippen LogP contribution in [0.15, 0.2) is 12.4 Å². The van der Waals surface area contributed by atoms with Crippen molar-refractivity contribution in [2.24, 2.45) is 0 Å². The molecule has 1 aliphatic rings. The van der Waals surface area contributed by atoms with Crippen LogP contribution in [0.2, 0.25) is 0 Å². The minimum absolute atomic E-state index is 0.202. The first-order chi connectivity index (χ1) is 9.13. The molecule has 9 nitrogen and oxygen atoms in total. The SMILES string of the molecule is Nc1nccn2c(C3OC(CO)C(O)C3O)nnc12. The summed E-state index contributed by atoms with van der Waals surface area (Å²) in [4.78, 5) is 3.87. The summed E-state index contributed by atoms with van der Waals surface area (Å²) in [6.45, 7) is -0.394. The number of aromatic nitrogens is 4. The Morgan fingerprint density at radius 1 is 1.32 bits per heavy atom. The van der Waals surface area contributed by atoms with Gasteiger partial charge >= 0.3 is 0 Å². The summed E-state index contributed by atoms with van der Waals surface area (Å²) in [5.41, 5.74) is 6.00. The maximum absolute atomic E-state index is 9.95. The van der Waals surface area contributed by atoms with Crippen LogP contribution in [0.4, 0.5) is 5.82 Å². The Balaban J connectivity index is 2.04. The highest BCUT2D eigenvalue weighted by Crippen LogP contribution is 2.32. The lowest BCUT2D eigenvalue weighted by molar-refractivity contribution is -0.0255. The lowest BCUT2D eigenvalue weighted by atomic mass is 10.1. The third-order valence-corrected chi connectivity index (χ3v) is 3.18. The van der Waals surface area contributed by atoms with Crippen LogP contribution in [0.25, 0.3) is 5.65 Å². The third kappa shape index (κ3) is 1.75. The Bertz CT molecular complexity index is 603. The van der Waals surface area contributed by atoms with Crippen molar-refractivity contribution in [2.45, 2.75) is 24.4 Å². The average molecular weight is 267 g/mol. The lowest BCUT2D eigenvalue weighted by Crippen LogP contribution is -2.32. The van der Waals surface area contributed by atoms with Crippen LogP contribution in [0.3, 0.4) is 0 Å². The predicted molar refractivity (Wildman–Crippen MR) is 61.9 cm³/mol. The standard InChI is InChI=1S/C10H13N5O4/c11-8-10-14-13-9(15(10)2-1-12-8)7-6(18)5(17)4(3-16)19-7/h1-2,4-7,16-18H,3H2,(H2,11,12). The maximum atomic E-state index is 9.95. The Morgan fingerprint density at radius 2 is 2.11 bits per heavy atom. The molecule has 0 radical (unpaired) electrons. The molecule has 0 amide bonds. The Morgan fingerprint density at radius 3 is 2.79 bits per heavy atom. The van der Waals surface area contributed by atoms with Gasteiger partial charge < -0.3 is 25.8 Å². The van der Waals surface area contributed by atoms with E-state index in [2.05, 4.69) is 15.2 Å². The van der Waals surface area contributed by atoms with E-state index in [-0.39, 0.29) is 5.82 Å². The van der Waals surface area contributed by atoms with Gasteiger partial charge in [0.2, 0.25) is 5.65 Å². The molecule has 4 unspecified atom stereocenters. The molecule has 3 heterocycles. The zero-order valence-electron chi connectivity index (χ0n) is 9.79. The fourth-order valence-electron chi connectivity index (χ4n) is 2.17. The number of fused-ring (bicyclic) bond motifs is 1. The van der Waals surface area contributed by atoms with Crippen LogP contribution in [0.5, 0.6) is 0 Å². The summed E-state index contributed by atoms with van der Waals surface area (Å²) in [6.07, 6.45) is -1.07. The lowest BCUT2D eigenvalue weighted by Gasteiger charge is -2.12. The molecule has 0 aromatic carbocycles. The summed E-state index contributed by atoms with van der Waals surface area (Å²) in [5, 5.41) is 36.5. The van der Waals surface area contributed by atoms with E-state index < -0.39 is 31.0 Å². The largest absolute Gasteiger partial charge is 0.394 e. The highest BCUT2D eigenvalue weighted by atomic mass is 16.6. The van der Waals surface area contributed by atoms with Crippen LogP contribution in [-0.2, 0) is 4.74 Å². The van der Waals surface area contributed by atoms with E-state index in [4.69, 9.17) is 15.6 Å². The van der Waals surface area contributed by atoms with Crippen LogP contribution >= 0.6 is 0 Å². The van der Waals surface area contributed by atoms with Gasteiger partial charge in [0.15, 0.2) is 11.6 Å². The molecule has 3 rings (SSSR count). The zero-order chi connectivity index (χ0) is 13.6. The summed E-state index contributed by atoms with van der Waals surface area (Å²) in [6, 6.07) is 0. The first kappa shape index (κ1) is 12.2. The first-order valence-electron chi connectivity index (χ1n) is 5.71. The molecule has 2 aromatic rings. The number of aliphatic hydroxyl groups is 3. The fraction of sp³-hybridized carbons (Fsp3) is 0.500. The molecule has 1 aliphatic heterocycles.